The van der Waals surface area contributed by atoms with Crippen molar-refractivity contribution in [3.8, 4) is 0 Å². The van der Waals surface area contributed by atoms with E-state index < -0.39 is 5.60 Å². The Hall–Kier alpha value is -0.340. The maximum absolute atomic E-state index is 11.0. The van der Waals surface area contributed by atoms with Gasteiger partial charge in [-0.1, -0.05) is 27.7 Å². The zero-order chi connectivity index (χ0) is 12.9. The summed E-state index contributed by atoms with van der Waals surface area (Å²) in [6.45, 7) is 11.2. The third-order valence-corrected chi connectivity index (χ3v) is 4.89. The van der Waals surface area contributed by atoms with Crippen molar-refractivity contribution in [2.45, 2.75) is 59.5 Å². The van der Waals surface area contributed by atoms with Crippen molar-refractivity contribution in [3.63, 3.8) is 0 Å². The second-order valence-electron chi connectivity index (χ2n) is 7.30. The molecule has 1 heterocycles. The van der Waals surface area contributed by atoms with Crippen LogP contribution in [0.1, 0.15) is 56.7 Å². The molecule has 1 aliphatic rings. The van der Waals surface area contributed by atoms with E-state index in [2.05, 4.69) is 46.8 Å². The molecular formula is C15H24OS. The highest BCUT2D eigenvalue weighted by Crippen LogP contribution is 2.54. The molecule has 1 aliphatic carbocycles. The predicted octanol–water partition coefficient (Wildman–Crippen LogP) is 4.48. The molecule has 0 aliphatic heterocycles. The van der Waals surface area contributed by atoms with Crippen LogP contribution in [-0.2, 0) is 5.60 Å². The second-order valence-corrected chi connectivity index (χ2v) is 8.59. The summed E-state index contributed by atoms with van der Waals surface area (Å²) in [5.41, 5.74) is -0.188. The smallest absolute Gasteiger partial charge is 0.0998 e. The zero-order valence-electron chi connectivity index (χ0n) is 11.6. The van der Waals surface area contributed by atoms with Crippen molar-refractivity contribution in [2.75, 3.05) is 0 Å². The maximum Gasteiger partial charge on any atom is 0.0998 e. The van der Waals surface area contributed by atoms with Crippen molar-refractivity contribution >= 4 is 11.3 Å². The Balaban J connectivity index is 2.36. The monoisotopic (exact) mass is 252 g/mol. The van der Waals surface area contributed by atoms with Gasteiger partial charge in [-0.15, -0.1) is 11.3 Å². The fraction of sp³-hybridized carbons (Fsp3) is 0.733. The molecule has 2 rings (SSSR count). The summed E-state index contributed by atoms with van der Waals surface area (Å²) in [4.78, 5) is 2.44. The minimum absolute atomic E-state index is 0.217. The quantitative estimate of drug-likeness (QED) is 0.781. The number of hydrogen-bond acceptors (Lipinski definition) is 2. The van der Waals surface area contributed by atoms with E-state index in [-0.39, 0.29) is 10.8 Å². The Morgan fingerprint density at radius 3 is 1.94 bits per heavy atom. The fourth-order valence-electron chi connectivity index (χ4n) is 3.93. The van der Waals surface area contributed by atoms with Crippen LogP contribution in [0, 0.1) is 17.8 Å². The summed E-state index contributed by atoms with van der Waals surface area (Å²) < 4.78 is 0. The highest BCUT2D eigenvalue weighted by atomic mass is 32.1. The Kier molecular flexibility index (Phi) is 2.95. The molecule has 0 unspecified atom stereocenters. The van der Waals surface area contributed by atoms with Crippen molar-refractivity contribution in [3.05, 3.63) is 21.9 Å². The average molecular weight is 252 g/mol. The average Bonchev–Trinajstić information content (AvgIpc) is 2.44. The van der Waals surface area contributed by atoms with Crippen molar-refractivity contribution in [2.24, 2.45) is 10.8 Å². The summed E-state index contributed by atoms with van der Waals surface area (Å²) in [6.07, 6.45) is 2.94. The summed E-state index contributed by atoms with van der Waals surface area (Å²) >= 11 is 1.74. The first-order valence-corrected chi connectivity index (χ1v) is 7.23. The molecule has 0 bridgehead atoms. The highest BCUT2D eigenvalue weighted by molar-refractivity contribution is 7.12. The first-order valence-electron chi connectivity index (χ1n) is 6.41. The van der Waals surface area contributed by atoms with Crippen LogP contribution in [0.4, 0.5) is 0 Å². The molecular weight excluding hydrogens is 228 g/mol. The van der Waals surface area contributed by atoms with Gasteiger partial charge in [0.1, 0.15) is 0 Å². The minimum Gasteiger partial charge on any atom is -0.384 e. The van der Waals surface area contributed by atoms with Crippen molar-refractivity contribution < 1.29 is 5.11 Å². The van der Waals surface area contributed by atoms with E-state index in [1.165, 1.54) is 11.3 Å². The maximum atomic E-state index is 11.0. The highest BCUT2D eigenvalue weighted by Gasteiger charge is 2.47. The van der Waals surface area contributed by atoms with Gasteiger partial charge in [0.25, 0.3) is 0 Å². The molecule has 1 fully saturated rings. The van der Waals surface area contributed by atoms with Crippen LogP contribution in [0.25, 0.3) is 0 Å². The van der Waals surface area contributed by atoms with Crippen molar-refractivity contribution in [1.82, 2.24) is 0 Å². The summed E-state index contributed by atoms with van der Waals surface area (Å²) in [6, 6.07) is 4.23. The summed E-state index contributed by atoms with van der Waals surface area (Å²) in [7, 11) is 0. The fourth-order valence-corrected chi connectivity index (χ4v) is 4.88. The number of aryl methyl sites for hydroxylation is 1. The van der Waals surface area contributed by atoms with Crippen LogP contribution in [0.5, 0.6) is 0 Å². The molecule has 0 saturated heterocycles. The third kappa shape index (κ3) is 2.74. The molecule has 0 spiro atoms. The van der Waals surface area contributed by atoms with Gasteiger partial charge in [0.05, 0.1) is 5.60 Å². The molecule has 1 aromatic heterocycles. The van der Waals surface area contributed by atoms with Crippen LogP contribution in [-0.4, -0.2) is 5.11 Å². The lowest BCUT2D eigenvalue weighted by atomic mass is 9.59. The zero-order valence-corrected chi connectivity index (χ0v) is 12.4. The van der Waals surface area contributed by atoms with Crippen LogP contribution < -0.4 is 0 Å². The van der Waals surface area contributed by atoms with Gasteiger partial charge < -0.3 is 5.11 Å². The Morgan fingerprint density at radius 1 is 1.00 bits per heavy atom. The lowest BCUT2D eigenvalue weighted by Gasteiger charge is -2.49. The topological polar surface area (TPSA) is 20.2 Å². The Labute approximate surface area is 109 Å². The van der Waals surface area contributed by atoms with Crippen LogP contribution in [0.2, 0.25) is 0 Å². The lowest BCUT2D eigenvalue weighted by Crippen LogP contribution is -2.43. The molecule has 1 N–H and O–H groups in total. The largest absolute Gasteiger partial charge is 0.384 e. The third-order valence-electron chi connectivity index (χ3n) is 3.70. The van der Waals surface area contributed by atoms with Gasteiger partial charge in [-0.2, -0.15) is 0 Å². The first kappa shape index (κ1) is 13.1. The van der Waals surface area contributed by atoms with Gasteiger partial charge in [-0.25, -0.2) is 0 Å². The molecule has 0 aromatic carbocycles. The van der Waals surface area contributed by atoms with E-state index in [9.17, 15) is 5.11 Å². The van der Waals surface area contributed by atoms with E-state index in [1.54, 1.807) is 11.3 Å². The summed E-state index contributed by atoms with van der Waals surface area (Å²) in [5, 5.41) is 11.0. The van der Waals surface area contributed by atoms with Crippen LogP contribution >= 0.6 is 11.3 Å². The first-order chi connectivity index (χ1) is 7.62. The SMILES string of the molecule is Cc1ccc(C2(O)CC(C)(C)CC(C)(C)C2)s1. The number of thiophene rings is 1. The standard InChI is InChI=1S/C15H24OS/c1-11-6-7-12(17-11)15(16)9-13(2,3)8-14(4,5)10-15/h6-7,16H,8-10H2,1-5H3. The normalized spacial score (nSPS) is 25.8. The molecule has 1 aromatic rings. The second kappa shape index (κ2) is 3.83. The molecule has 2 heteroatoms. The van der Waals surface area contributed by atoms with E-state index in [1.807, 2.05) is 0 Å². The molecule has 1 nitrogen and oxygen atoms in total. The van der Waals surface area contributed by atoms with Gasteiger partial charge >= 0.3 is 0 Å². The number of hydrogen-bond donors (Lipinski definition) is 1. The van der Waals surface area contributed by atoms with E-state index in [0.29, 0.717) is 0 Å². The van der Waals surface area contributed by atoms with Gasteiger partial charge in [-0.05, 0) is 49.1 Å². The Morgan fingerprint density at radius 2 is 1.53 bits per heavy atom. The lowest BCUT2D eigenvalue weighted by molar-refractivity contribution is -0.0889. The predicted molar refractivity (Wildman–Crippen MR) is 74.4 cm³/mol. The van der Waals surface area contributed by atoms with E-state index in [4.69, 9.17) is 0 Å². The van der Waals surface area contributed by atoms with Gasteiger partial charge in [0.15, 0.2) is 0 Å². The van der Waals surface area contributed by atoms with Crippen LogP contribution in [0.15, 0.2) is 12.1 Å². The van der Waals surface area contributed by atoms with Crippen LogP contribution in [0.3, 0.4) is 0 Å². The van der Waals surface area contributed by atoms with Gasteiger partial charge in [0.2, 0.25) is 0 Å². The van der Waals surface area contributed by atoms with Gasteiger partial charge in [0, 0.05) is 9.75 Å². The molecule has 1 saturated carbocycles. The van der Waals surface area contributed by atoms with Crippen molar-refractivity contribution in [1.29, 1.82) is 0 Å². The number of aliphatic hydroxyl groups is 1. The Bertz CT molecular complexity index is 398. The van der Waals surface area contributed by atoms with E-state index in [0.717, 1.165) is 17.7 Å². The summed E-state index contributed by atoms with van der Waals surface area (Å²) in [5.74, 6) is 0. The number of rotatable bonds is 1. The van der Waals surface area contributed by atoms with Gasteiger partial charge in [-0.3, -0.25) is 0 Å². The molecule has 0 radical (unpaired) electrons. The molecule has 0 atom stereocenters. The molecule has 96 valence electrons. The molecule has 0 amide bonds. The molecule has 17 heavy (non-hydrogen) atoms. The minimum atomic E-state index is -0.621. The van der Waals surface area contributed by atoms with E-state index >= 15 is 0 Å².